The third-order valence-electron chi connectivity index (χ3n) is 5.11. The number of methoxy groups -OCH3 is 1. The van der Waals surface area contributed by atoms with Crippen LogP contribution >= 0.6 is 11.8 Å². The second-order valence-corrected chi connectivity index (χ2v) is 8.14. The summed E-state index contributed by atoms with van der Waals surface area (Å²) in [6.45, 7) is 5.92. The first kappa shape index (κ1) is 21.0. The van der Waals surface area contributed by atoms with E-state index >= 15 is 0 Å². The van der Waals surface area contributed by atoms with Crippen molar-refractivity contribution < 1.29 is 14.3 Å². The molecule has 2 amide bonds. The summed E-state index contributed by atoms with van der Waals surface area (Å²) < 4.78 is 5.38. The van der Waals surface area contributed by atoms with E-state index in [0.717, 1.165) is 22.4 Å². The van der Waals surface area contributed by atoms with Crippen molar-refractivity contribution in [2.24, 2.45) is 0 Å². The van der Waals surface area contributed by atoms with E-state index in [2.05, 4.69) is 5.32 Å². The largest absolute Gasteiger partial charge is 0.496 e. The lowest BCUT2D eigenvalue weighted by atomic mass is 10.1. The molecule has 0 radical (unpaired) electrons. The summed E-state index contributed by atoms with van der Waals surface area (Å²) in [6.07, 6.45) is 1.58. The Morgan fingerprint density at radius 2 is 1.93 bits per heavy atom. The lowest BCUT2D eigenvalue weighted by molar-refractivity contribution is -0.132. The molecule has 1 heterocycles. The van der Waals surface area contributed by atoms with Gasteiger partial charge in [0.05, 0.1) is 13.0 Å². The Morgan fingerprint density at radius 3 is 2.66 bits per heavy atom. The summed E-state index contributed by atoms with van der Waals surface area (Å²) in [7, 11) is 1.61. The Bertz CT molecular complexity index is 955. The van der Waals surface area contributed by atoms with Crippen LogP contribution in [0.25, 0.3) is 5.57 Å². The number of ether oxygens (including phenoxy) is 1. The Kier molecular flexibility index (Phi) is 6.64. The number of para-hydroxylation sites is 1. The number of aryl methyl sites for hydroxylation is 2. The van der Waals surface area contributed by atoms with E-state index in [-0.39, 0.29) is 11.8 Å². The highest BCUT2D eigenvalue weighted by molar-refractivity contribution is 7.99. The first-order valence-corrected chi connectivity index (χ1v) is 10.6. The van der Waals surface area contributed by atoms with Crippen LogP contribution in [0.3, 0.4) is 0 Å². The van der Waals surface area contributed by atoms with Gasteiger partial charge in [-0.2, -0.15) is 0 Å². The molecule has 0 bridgehead atoms. The van der Waals surface area contributed by atoms with E-state index in [1.54, 1.807) is 29.8 Å². The molecular weight excluding hydrogens is 384 g/mol. The molecule has 3 rings (SSSR count). The lowest BCUT2D eigenvalue weighted by Crippen LogP contribution is -2.44. The zero-order chi connectivity index (χ0) is 21.0. The van der Waals surface area contributed by atoms with Crippen LogP contribution in [0.4, 0.5) is 5.69 Å². The zero-order valence-electron chi connectivity index (χ0n) is 17.2. The quantitative estimate of drug-likeness (QED) is 0.749. The van der Waals surface area contributed by atoms with Gasteiger partial charge in [0.2, 0.25) is 11.8 Å². The van der Waals surface area contributed by atoms with Gasteiger partial charge in [0, 0.05) is 23.1 Å². The fourth-order valence-corrected chi connectivity index (χ4v) is 4.40. The minimum Gasteiger partial charge on any atom is -0.496 e. The van der Waals surface area contributed by atoms with Gasteiger partial charge < -0.3 is 15.0 Å². The van der Waals surface area contributed by atoms with E-state index in [9.17, 15) is 9.59 Å². The number of amides is 2. The summed E-state index contributed by atoms with van der Waals surface area (Å²) in [4.78, 5) is 27.4. The maximum atomic E-state index is 12.9. The maximum Gasteiger partial charge on any atom is 0.248 e. The Hall–Kier alpha value is -2.73. The highest BCUT2D eigenvalue weighted by Crippen LogP contribution is 2.27. The monoisotopic (exact) mass is 410 g/mol. The van der Waals surface area contributed by atoms with Gasteiger partial charge in [-0.25, -0.2) is 0 Å². The minimum atomic E-state index is -0.490. The number of carbonyl (C=O) groups excluding carboxylic acids is 2. The number of thioether (sulfide) groups is 1. The van der Waals surface area contributed by atoms with E-state index in [0.29, 0.717) is 17.4 Å². The van der Waals surface area contributed by atoms with Crippen molar-refractivity contribution in [1.29, 1.82) is 0 Å². The van der Waals surface area contributed by atoms with Crippen molar-refractivity contribution in [2.75, 3.05) is 24.1 Å². The van der Waals surface area contributed by atoms with E-state index in [4.69, 9.17) is 4.74 Å². The van der Waals surface area contributed by atoms with Gasteiger partial charge in [-0.05, 0) is 55.7 Å². The molecule has 29 heavy (non-hydrogen) atoms. The fourth-order valence-electron chi connectivity index (χ4n) is 3.24. The molecule has 1 atom stereocenters. The normalized spacial score (nSPS) is 16.6. The highest BCUT2D eigenvalue weighted by Gasteiger charge is 2.34. The molecule has 6 heteroatoms. The van der Waals surface area contributed by atoms with Gasteiger partial charge in [-0.1, -0.05) is 24.3 Å². The number of benzene rings is 2. The number of nitrogens with one attached hydrogen (secondary N) is 1. The molecule has 1 aliphatic heterocycles. The summed E-state index contributed by atoms with van der Waals surface area (Å²) in [5.41, 5.74) is 4.72. The molecule has 2 aromatic rings. The second kappa shape index (κ2) is 9.18. The molecule has 1 unspecified atom stereocenters. The zero-order valence-corrected chi connectivity index (χ0v) is 18.0. The Balaban J connectivity index is 1.74. The van der Waals surface area contributed by atoms with Crippen LogP contribution in [0, 0.1) is 13.8 Å². The number of anilines is 1. The van der Waals surface area contributed by atoms with Crippen LogP contribution in [0.15, 0.2) is 48.5 Å². The smallest absolute Gasteiger partial charge is 0.248 e. The molecule has 0 aromatic heterocycles. The predicted molar refractivity (Wildman–Crippen MR) is 119 cm³/mol. The Labute approximate surface area is 176 Å². The summed E-state index contributed by atoms with van der Waals surface area (Å²) in [6, 6.07) is 12.9. The van der Waals surface area contributed by atoms with Crippen molar-refractivity contribution in [2.45, 2.75) is 26.8 Å². The SMILES string of the molecule is COc1ccccc1C(C)=CC(=O)N1CSCC1C(=O)Nc1ccc(C)c(C)c1. The van der Waals surface area contributed by atoms with Crippen LogP contribution in [0.2, 0.25) is 0 Å². The van der Waals surface area contributed by atoms with E-state index in [1.807, 2.05) is 63.2 Å². The highest BCUT2D eigenvalue weighted by atomic mass is 32.2. The predicted octanol–water partition coefficient (Wildman–Crippen LogP) is 4.26. The van der Waals surface area contributed by atoms with Gasteiger partial charge in [0.25, 0.3) is 0 Å². The minimum absolute atomic E-state index is 0.157. The average molecular weight is 411 g/mol. The third-order valence-corrected chi connectivity index (χ3v) is 6.13. The van der Waals surface area contributed by atoms with Gasteiger partial charge in [0.15, 0.2) is 0 Å². The fraction of sp³-hybridized carbons (Fsp3) is 0.304. The van der Waals surface area contributed by atoms with Gasteiger partial charge in [-0.15, -0.1) is 11.8 Å². The molecule has 1 fully saturated rings. The lowest BCUT2D eigenvalue weighted by Gasteiger charge is -2.22. The molecule has 0 saturated carbocycles. The topological polar surface area (TPSA) is 58.6 Å². The summed E-state index contributed by atoms with van der Waals surface area (Å²) in [5.74, 6) is 1.48. The summed E-state index contributed by atoms with van der Waals surface area (Å²) in [5, 5.41) is 2.95. The van der Waals surface area contributed by atoms with Crippen molar-refractivity contribution in [3.05, 3.63) is 65.2 Å². The van der Waals surface area contributed by atoms with Crippen molar-refractivity contribution in [1.82, 2.24) is 4.90 Å². The standard InChI is InChI=1S/C23H26N2O3S/c1-15-9-10-18(11-16(15)2)24-23(27)20-13-29-14-25(20)22(26)12-17(3)19-7-5-6-8-21(19)28-4/h5-12,20H,13-14H2,1-4H3,(H,24,27). The first-order valence-electron chi connectivity index (χ1n) is 9.49. The average Bonchev–Trinajstić information content (AvgIpc) is 3.21. The molecule has 0 spiro atoms. The van der Waals surface area contributed by atoms with Crippen LogP contribution < -0.4 is 10.1 Å². The van der Waals surface area contributed by atoms with Crippen molar-refractivity contribution in [3.8, 4) is 5.75 Å². The van der Waals surface area contributed by atoms with Crippen molar-refractivity contribution in [3.63, 3.8) is 0 Å². The molecule has 1 aliphatic rings. The first-order chi connectivity index (χ1) is 13.9. The van der Waals surface area contributed by atoms with Gasteiger partial charge in [-0.3, -0.25) is 9.59 Å². The second-order valence-electron chi connectivity index (χ2n) is 7.14. The number of hydrogen-bond donors (Lipinski definition) is 1. The molecule has 1 N–H and O–H groups in total. The Morgan fingerprint density at radius 1 is 1.17 bits per heavy atom. The molecular formula is C23H26N2O3S. The molecule has 1 saturated heterocycles. The number of hydrogen-bond acceptors (Lipinski definition) is 4. The molecule has 152 valence electrons. The molecule has 0 aliphatic carbocycles. The molecule has 2 aromatic carbocycles. The van der Waals surface area contributed by atoms with Gasteiger partial charge >= 0.3 is 0 Å². The maximum absolute atomic E-state index is 12.9. The van der Waals surface area contributed by atoms with Crippen LogP contribution in [-0.4, -0.2) is 41.5 Å². The van der Waals surface area contributed by atoms with Crippen LogP contribution in [0.1, 0.15) is 23.6 Å². The number of rotatable bonds is 5. The third kappa shape index (κ3) is 4.82. The van der Waals surface area contributed by atoms with Crippen molar-refractivity contribution >= 4 is 34.8 Å². The summed E-state index contributed by atoms with van der Waals surface area (Å²) >= 11 is 1.58. The van der Waals surface area contributed by atoms with Gasteiger partial charge in [0.1, 0.15) is 11.8 Å². The number of carbonyl (C=O) groups is 2. The molecule has 5 nitrogen and oxygen atoms in total. The van der Waals surface area contributed by atoms with Crippen LogP contribution in [-0.2, 0) is 9.59 Å². The number of allylic oxidation sites excluding steroid dienone is 1. The van der Waals surface area contributed by atoms with E-state index < -0.39 is 6.04 Å². The van der Waals surface area contributed by atoms with E-state index in [1.165, 1.54) is 5.56 Å². The number of nitrogens with zero attached hydrogens (tertiary/aromatic N) is 1. The van der Waals surface area contributed by atoms with Crippen LogP contribution in [0.5, 0.6) is 5.75 Å².